The van der Waals surface area contributed by atoms with E-state index in [-0.39, 0.29) is 17.8 Å². The van der Waals surface area contributed by atoms with Gasteiger partial charge in [-0.1, -0.05) is 31.0 Å². The highest BCUT2D eigenvalue weighted by Gasteiger charge is 2.34. The summed E-state index contributed by atoms with van der Waals surface area (Å²) in [5, 5.41) is 0. The maximum Gasteiger partial charge on any atom is 0.237 e. The molecule has 3 heterocycles. The maximum absolute atomic E-state index is 13.9. The Hall–Kier alpha value is -2.21. The van der Waals surface area contributed by atoms with Crippen LogP contribution >= 0.6 is 0 Å². The molecule has 0 spiro atoms. The molecule has 2 saturated heterocycles. The van der Waals surface area contributed by atoms with E-state index >= 15 is 0 Å². The molecule has 0 N–H and O–H groups in total. The summed E-state index contributed by atoms with van der Waals surface area (Å²) in [5.74, 6) is 1.13. The van der Waals surface area contributed by atoms with Crippen LogP contribution in [-0.4, -0.2) is 46.9 Å². The quantitative estimate of drug-likeness (QED) is 0.782. The molecule has 2 aliphatic rings. The second-order valence-corrected chi connectivity index (χ2v) is 7.87. The van der Waals surface area contributed by atoms with Crippen LogP contribution in [0.3, 0.4) is 0 Å². The van der Waals surface area contributed by atoms with Gasteiger partial charge in [0.05, 0.1) is 12.7 Å². The summed E-state index contributed by atoms with van der Waals surface area (Å²) < 4.78 is 19.8. The molecule has 0 bridgehead atoms. The van der Waals surface area contributed by atoms with Crippen molar-refractivity contribution < 1.29 is 13.6 Å². The summed E-state index contributed by atoms with van der Waals surface area (Å²) in [4.78, 5) is 21.5. The van der Waals surface area contributed by atoms with E-state index in [4.69, 9.17) is 4.42 Å². The fraction of sp³-hybridized carbons (Fsp3) is 0.545. The number of amides is 1. The van der Waals surface area contributed by atoms with Crippen molar-refractivity contribution in [3.63, 3.8) is 0 Å². The Balaban J connectivity index is 1.41. The van der Waals surface area contributed by atoms with E-state index in [9.17, 15) is 9.18 Å². The number of halogens is 1. The minimum atomic E-state index is -0.240. The molecule has 2 aliphatic heterocycles. The number of rotatable bonds is 5. The Labute approximate surface area is 165 Å². The first kappa shape index (κ1) is 19.1. The lowest BCUT2D eigenvalue weighted by molar-refractivity contribution is -0.133. The first-order valence-electron chi connectivity index (χ1n) is 10.4. The second kappa shape index (κ2) is 8.86. The molecular weight excluding hydrogens is 357 g/mol. The zero-order valence-electron chi connectivity index (χ0n) is 16.3. The Bertz CT molecular complexity index is 799. The molecule has 0 saturated carbocycles. The van der Waals surface area contributed by atoms with E-state index in [0.29, 0.717) is 30.2 Å². The predicted octanol–water partition coefficient (Wildman–Crippen LogP) is 3.94. The van der Waals surface area contributed by atoms with Crippen LogP contribution < -0.4 is 0 Å². The van der Waals surface area contributed by atoms with Crippen molar-refractivity contribution in [1.82, 2.24) is 14.8 Å². The fourth-order valence-electron chi connectivity index (χ4n) is 4.29. The molecular formula is C22H28FN3O2. The van der Waals surface area contributed by atoms with Gasteiger partial charge in [-0.3, -0.25) is 9.69 Å². The highest BCUT2D eigenvalue weighted by Crippen LogP contribution is 2.32. The summed E-state index contributed by atoms with van der Waals surface area (Å²) in [7, 11) is 0. The number of nitrogens with zero attached hydrogens (tertiary/aromatic N) is 3. The van der Waals surface area contributed by atoms with E-state index in [2.05, 4.69) is 9.88 Å². The Morgan fingerprint density at radius 3 is 2.68 bits per heavy atom. The molecule has 0 aliphatic carbocycles. The van der Waals surface area contributed by atoms with E-state index < -0.39 is 0 Å². The minimum absolute atomic E-state index is 0.103. The second-order valence-electron chi connectivity index (χ2n) is 7.87. The third-order valence-corrected chi connectivity index (χ3v) is 5.81. The highest BCUT2D eigenvalue weighted by atomic mass is 19.1. The third-order valence-electron chi connectivity index (χ3n) is 5.81. The SMILES string of the molecule is O=C(CN1CCCCCC1)N1CCC[C@H]1c1ncc(Cc2ccccc2F)o1. The van der Waals surface area contributed by atoms with Crippen LogP contribution in [0.5, 0.6) is 0 Å². The van der Waals surface area contributed by atoms with E-state index in [1.807, 2.05) is 11.0 Å². The van der Waals surface area contributed by atoms with Gasteiger partial charge in [0, 0.05) is 13.0 Å². The zero-order chi connectivity index (χ0) is 19.3. The molecule has 5 nitrogen and oxygen atoms in total. The molecule has 1 atom stereocenters. The number of likely N-dealkylation sites (tertiary alicyclic amines) is 2. The van der Waals surface area contributed by atoms with Gasteiger partial charge in [-0.15, -0.1) is 0 Å². The van der Waals surface area contributed by atoms with Crippen molar-refractivity contribution in [2.45, 2.75) is 51.0 Å². The van der Waals surface area contributed by atoms with E-state index in [1.165, 1.54) is 31.7 Å². The monoisotopic (exact) mass is 385 g/mol. The molecule has 1 aromatic heterocycles. The third kappa shape index (κ3) is 4.43. The van der Waals surface area contributed by atoms with Gasteiger partial charge in [0.15, 0.2) is 0 Å². The smallest absolute Gasteiger partial charge is 0.237 e. The number of benzene rings is 1. The minimum Gasteiger partial charge on any atom is -0.443 e. The topological polar surface area (TPSA) is 49.6 Å². The number of oxazole rings is 1. The number of carbonyl (C=O) groups excluding carboxylic acids is 1. The zero-order valence-corrected chi connectivity index (χ0v) is 16.3. The molecule has 28 heavy (non-hydrogen) atoms. The Kier molecular flexibility index (Phi) is 6.05. The van der Waals surface area contributed by atoms with Gasteiger partial charge in [0.1, 0.15) is 17.6 Å². The van der Waals surface area contributed by atoms with Crippen LogP contribution in [0, 0.1) is 5.82 Å². The van der Waals surface area contributed by atoms with Crippen LogP contribution in [0.4, 0.5) is 4.39 Å². The summed E-state index contributed by atoms with van der Waals surface area (Å²) in [6.07, 6.45) is 8.74. The Morgan fingerprint density at radius 2 is 1.89 bits per heavy atom. The van der Waals surface area contributed by atoms with Gasteiger partial charge in [-0.25, -0.2) is 9.37 Å². The molecule has 4 rings (SSSR count). The molecule has 0 radical (unpaired) electrons. The van der Waals surface area contributed by atoms with Gasteiger partial charge < -0.3 is 9.32 Å². The van der Waals surface area contributed by atoms with Gasteiger partial charge >= 0.3 is 0 Å². The number of carbonyl (C=O) groups is 1. The summed E-state index contributed by atoms with van der Waals surface area (Å²) in [6, 6.07) is 6.60. The average Bonchev–Trinajstić information content (AvgIpc) is 3.28. The first-order valence-corrected chi connectivity index (χ1v) is 10.4. The largest absolute Gasteiger partial charge is 0.443 e. The summed E-state index contributed by atoms with van der Waals surface area (Å²) >= 11 is 0. The fourth-order valence-corrected chi connectivity index (χ4v) is 4.29. The van der Waals surface area contributed by atoms with Crippen molar-refractivity contribution >= 4 is 5.91 Å². The summed E-state index contributed by atoms with van der Waals surface area (Å²) in [6.45, 7) is 3.26. The van der Waals surface area contributed by atoms with Crippen molar-refractivity contribution in [2.24, 2.45) is 0 Å². The lowest BCUT2D eigenvalue weighted by atomic mass is 10.1. The lowest BCUT2D eigenvalue weighted by Crippen LogP contribution is -2.40. The number of aromatic nitrogens is 1. The van der Waals surface area contributed by atoms with Crippen LogP contribution in [0.2, 0.25) is 0 Å². The van der Waals surface area contributed by atoms with Crippen LogP contribution in [-0.2, 0) is 11.2 Å². The van der Waals surface area contributed by atoms with Gasteiger partial charge in [0.25, 0.3) is 0 Å². The molecule has 1 amide bonds. The van der Waals surface area contributed by atoms with Gasteiger partial charge in [-0.2, -0.15) is 0 Å². The predicted molar refractivity (Wildman–Crippen MR) is 104 cm³/mol. The maximum atomic E-state index is 13.9. The molecule has 2 fully saturated rings. The molecule has 0 unspecified atom stereocenters. The molecule has 1 aromatic carbocycles. The molecule has 2 aromatic rings. The van der Waals surface area contributed by atoms with Crippen LogP contribution in [0.1, 0.15) is 61.8 Å². The number of hydrogen-bond acceptors (Lipinski definition) is 4. The number of hydrogen-bond donors (Lipinski definition) is 0. The first-order chi connectivity index (χ1) is 13.7. The standard InChI is InChI=1S/C22H28FN3O2/c23-19-9-4-3-8-17(19)14-18-15-24-22(28-18)20-10-7-13-26(20)21(27)16-25-11-5-1-2-6-12-25/h3-4,8-9,15,20H,1-2,5-7,10-14,16H2/t20-/m0/s1. The van der Waals surface area contributed by atoms with Crippen molar-refractivity contribution in [1.29, 1.82) is 0 Å². The van der Waals surface area contributed by atoms with E-state index in [1.54, 1.807) is 18.3 Å². The van der Waals surface area contributed by atoms with Gasteiger partial charge in [0.2, 0.25) is 11.8 Å². The normalized spacial score (nSPS) is 21.0. The highest BCUT2D eigenvalue weighted by molar-refractivity contribution is 5.79. The Morgan fingerprint density at radius 1 is 1.11 bits per heavy atom. The summed E-state index contributed by atoms with van der Waals surface area (Å²) in [5.41, 5.74) is 0.589. The van der Waals surface area contributed by atoms with Crippen LogP contribution in [0.15, 0.2) is 34.9 Å². The lowest BCUT2D eigenvalue weighted by Gasteiger charge is -2.26. The van der Waals surface area contributed by atoms with Crippen molar-refractivity contribution in [3.05, 3.63) is 53.5 Å². The van der Waals surface area contributed by atoms with E-state index in [0.717, 1.165) is 32.5 Å². The van der Waals surface area contributed by atoms with Crippen molar-refractivity contribution in [2.75, 3.05) is 26.2 Å². The molecule has 6 heteroatoms. The molecule has 150 valence electrons. The van der Waals surface area contributed by atoms with Crippen LogP contribution in [0.25, 0.3) is 0 Å². The van der Waals surface area contributed by atoms with Gasteiger partial charge in [-0.05, 0) is 50.4 Å². The van der Waals surface area contributed by atoms with Crippen molar-refractivity contribution in [3.8, 4) is 0 Å². The average molecular weight is 385 g/mol.